The molecule has 0 aliphatic heterocycles. The van der Waals surface area contributed by atoms with Crippen LogP contribution in [0.3, 0.4) is 0 Å². The molecular weight excluding hydrogens is 204 g/mol. The van der Waals surface area contributed by atoms with Crippen LogP contribution < -0.4 is 5.32 Å². The van der Waals surface area contributed by atoms with Gasteiger partial charge in [-0.25, -0.2) is 0 Å². The second-order valence-electron chi connectivity index (χ2n) is 5.07. The lowest BCUT2D eigenvalue weighted by Gasteiger charge is -2.32. The summed E-state index contributed by atoms with van der Waals surface area (Å²) in [7, 11) is 1.72. The number of aliphatic carboxylic acids is 1. The zero-order valence-electron chi connectivity index (χ0n) is 10.6. The van der Waals surface area contributed by atoms with E-state index in [1.165, 1.54) is 12.8 Å². The van der Waals surface area contributed by atoms with Crippen molar-refractivity contribution in [2.45, 2.75) is 38.6 Å². The number of rotatable bonds is 8. The first-order valence-corrected chi connectivity index (χ1v) is 6.16. The van der Waals surface area contributed by atoms with E-state index in [1.807, 2.05) is 0 Å². The maximum Gasteiger partial charge on any atom is 0.324 e. The average Bonchev–Trinajstić information content (AvgIpc) is 3.01. The Balaban J connectivity index is 2.52. The van der Waals surface area contributed by atoms with Gasteiger partial charge in [-0.1, -0.05) is 6.92 Å². The second kappa shape index (κ2) is 5.64. The molecule has 1 fully saturated rings. The zero-order valence-corrected chi connectivity index (χ0v) is 10.6. The predicted molar refractivity (Wildman–Crippen MR) is 64.6 cm³/mol. The van der Waals surface area contributed by atoms with Gasteiger partial charge >= 0.3 is 5.97 Å². The van der Waals surface area contributed by atoms with Gasteiger partial charge in [-0.3, -0.25) is 4.79 Å². The van der Waals surface area contributed by atoms with Crippen molar-refractivity contribution in [2.24, 2.45) is 5.92 Å². The molecule has 0 saturated heterocycles. The molecule has 1 aliphatic rings. The normalized spacial score (nSPS) is 19.8. The van der Waals surface area contributed by atoms with E-state index in [4.69, 9.17) is 0 Å². The summed E-state index contributed by atoms with van der Waals surface area (Å²) in [6.45, 7) is 6.52. The summed E-state index contributed by atoms with van der Waals surface area (Å²) in [4.78, 5) is 13.5. The lowest BCUT2D eigenvalue weighted by atomic mass is 10.0. The highest BCUT2D eigenvalue weighted by Crippen LogP contribution is 2.30. The predicted octanol–water partition coefficient (Wildman–Crippen LogP) is 1.17. The van der Waals surface area contributed by atoms with Crippen LogP contribution in [0.25, 0.3) is 0 Å². The van der Waals surface area contributed by atoms with Crippen LogP contribution in [-0.2, 0) is 4.79 Å². The Bertz CT molecular complexity index is 241. The molecule has 1 atom stereocenters. The van der Waals surface area contributed by atoms with Gasteiger partial charge in [0.1, 0.15) is 5.54 Å². The third kappa shape index (κ3) is 3.76. The Hall–Kier alpha value is -0.610. The van der Waals surface area contributed by atoms with Crippen LogP contribution in [-0.4, -0.2) is 48.2 Å². The van der Waals surface area contributed by atoms with Crippen molar-refractivity contribution in [3.05, 3.63) is 0 Å². The Labute approximate surface area is 98.0 Å². The van der Waals surface area contributed by atoms with E-state index in [2.05, 4.69) is 17.1 Å². The molecule has 0 aromatic rings. The number of hydrogen-bond acceptors (Lipinski definition) is 3. The summed E-state index contributed by atoms with van der Waals surface area (Å²) in [5.41, 5.74) is -0.829. The molecule has 0 heterocycles. The monoisotopic (exact) mass is 228 g/mol. The molecule has 0 spiro atoms. The number of likely N-dealkylation sites (N-methyl/N-ethyl adjacent to an activating group) is 1. The van der Waals surface area contributed by atoms with Gasteiger partial charge in [0.05, 0.1) is 0 Å². The molecule has 0 bridgehead atoms. The number of nitrogens with zero attached hydrogens (tertiary/aromatic N) is 1. The number of nitrogens with one attached hydrogen (secondary N) is 1. The first kappa shape index (κ1) is 13.5. The fraction of sp³-hybridized carbons (Fsp3) is 0.917. The van der Waals surface area contributed by atoms with Crippen molar-refractivity contribution in [3.63, 3.8) is 0 Å². The van der Waals surface area contributed by atoms with E-state index in [0.29, 0.717) is 6.54 Å². The molecule has 0 aromatic heterocycles. The van der Waals surface area contributed by atoms with E-state index >= 15 is 0 Å². The van der Waals surface area contributed by atoms with E-state index in [9.17, 15) is 9.90 Å². The third-order valence-corrected chi connectivity index (χ3v) is 3.32. The summed E-state index contributed by atoms with van der Waals surface area (Å²) < 4.78 is 0. The van der Waals surface area contributed by atoms with E-state index in [0.717, 1.165) is 25.4 Å². The quantitative estimate of drug-likeness (QED) is 0.655. The molecule has 4 heteroatoms. The van der Waals surface area contributed by atoms with Crippen molar-refractivity contribution >= 4 is 5.97 Å². The van der Waals surface area contributed by atoms with Gasteiger partial charge in [-0.2, -0.15) is 0 Å². The molecule has 0 radical (unpaired) electrons. The summed E-state index contributed by atoms with van der Waals surface area (Å²) >= 11 is 0. The van der Waals surface area contributed by atoms with Gasteiger partial charge in [-0.05, 0) is 45.7 Å². The van der Waals surface area contributed by atoms with Gasteiger partial charge in [0.15, 0.2) is 0 Å². The van der Waals surface area contributed by atoms with Gasteiger partial charge in [0.25, 0.3) is 0 Å². The SMILES string of the molecule is CCCN(CC1CC1)CC(C)(NC)C(=O)O. The van der Waals surface area contributed by atoms with Gasteiger partial charge < -0.3 is 15.3 Å². The maximum atomic E-state index is 11.2. The summed E-state index contributed by atoms with van der Waals surface area (Å²) in [5.74, 6) is 0.0355. The van der Waals surface area contributed by atoms with Crippen molar-refractivity contribution in [2.75, 3.05) is 26.7 Å². The highest BCUT2D eigenvalue weighted by Gasteiger charge is 2.34. The van der Waals surface area contributed by atoms with Crippen LogP contribution in [0.4, 0.5) is 0 Å². The van der Waals surface area contributed by atoms with Gasteiger partial charge in [0, 0.05) is 13.1 Å². The molecule has 0 aromatic carbocycles. The molecule has 0 amide bonds. The summed E-state index contributed by atoms with van der Waals surface area (Å²) in [6, 6.07) is 0. The van der Waals surface area contributed by atoms with Crippen molar-refractivity contribution < 1.29 is 9.90 Å². The van der Waals surface area contributed by atoms with E-state index in [-0.39, 0.29) is 0 Å². The van der Waals surface area contributed by atoms with Crippen LogP contribution in [0.15, 0.2) is 0 Å². The number of hydrogen-bond donors (Lipinski definition) is 2. The van der Waals surface area contributed by atoms with Crippen LogP contribution >= 0.6 is 0 Å². The Morgan fingerprint density at radius 2 is 2.19 bits per heavy atom. The Morgan fingerprint density at radius 1 is 1.56 bits per heavy atom. The van der Waals surface area contributed by atoms with E-state index in [1.54, 1.807) is 14.0 Å². The molecule has 4 nitrogen and oxygen atoms in total. The average molecular weight is 228 g/mol. The standard InChI is InChI=1S/C12H24N2O2/c1-4-7-14(8-10-5-6-10)9-12(2,13-3)11(15)16/h10,13H,4-9H2,1-3H3,(H,15,16). The number of carboxylic acid groups (broad SMARTS) is 1. The molecule has 2 N–H and O–H groups in total. The highest BCUT2D eigenvalue weighted by molar-refractivity contribution is 5.78. The molecule has 1 rings (SSSR count). The van der Waals surface area contributed by atoms with Crippen molar-refractivity contribution in [1.29, 1.82) is 0 Å². The molecule has 1 unspecified atom stereocenters. The number of carboxylic acids is 1. The molecule has 1 aliphatic carbocycles. The largest absolute Gasteiger partial charge is 0.480 e. The lowest BCUT2D eigenvalue weighted by molar-refractivity contribution is -0.144. The minimum atomic E-state index is -0.829. The minimum absolute atomic E-state index is 0.586. The van der Waals surface area contributed by atoms with Gasteiger partial charge in [0.2, 0.25) is 0 Å². The first-order valence-electron chi connectivity index (χ1n) is 6.16. The van der Waals surface area contributed by atoms with Gasteiger partial charge in [-0.15, -0.1) is 0 Å². The third-order valence-electron chi connectivity index (χ3n) is 3.32. The summed E-state index contributed by atoms with van der Waals surface area (Å²) in [6.07, 6.45) is 3.69. The van der Waals surface area contributed by atoms with Crippen molar-refractivity contribution in [3.8, 4) is 0 Å². The fourth-order valence-corrected chi connectivity index (χ4v) is 1.92. The topological polar surface area (TPSA) is 52.6 Å². The van der Waals surface area contributed by atoms with Crippen LogP contribution in [0.1, 0.15) is 33.1 Å². The maximum absolute atomic E-state index is 11.2. The molecule has 94 valence electrons. The van der Waals surface area contributed by atoms with Crippen molar-refractivity contribution in [1.82, 2.24) is 10.2 Å². The minimum Gasteiger partial charge on any atom is -0.480 e. The Kier molecular flexibility index (Phi) is 4.74. The summed E-state index contributed by atoms with van der Waals surface area (Å²) in [5, 5.41) is 12.1. The van der Waals surface area contributed by atoms with Crippen LogP contribution in [0, 0.1) is 5.92 Å². The molecule has 1 saturated carbocycles. The second-order valence-corrected chi connectivity index (χ2v) is 5.07. The molecule has 16 heavy (non-hydrogen) atoms. The van der Waals surface area contributed by atoms with Crippen LogP contribution in [0.2, 0.25) is 0 Å². The first-order chi connectivity index (χ1) is 7.51. The van der Waals surface area contributed by atoms with E-state index < -0.39 is 11.5 Å². The smallest absolute Gasteiger partial charge is 0.324 e. The lowest BCUT2D eigenvalue weighted by Crippen LogP contribution is -2.56. The molecular formula is C12H24N2O2. The zero-order chi connectivity index (χ0) is 12.2. The fourth-order valence-electron chi connectivity index (χ4n) is 1.92. The van der Waals surface area contributed by atoms with Crippen LogP contribution in [0.5, 0.6) is 0 Å². The highest BCUT2D eigenvalue weighted by atomic mass is 16.4. The number of carbonyl (C=O) groups is 1. The Morgan fingerprint density at radius 3 is 2.56 bits per heavy atom.